The highest BCUT2D eigenvalue weighted by Crippen LogP contribution is 2.41. The van der Waals surface area contributed by atoms with Gasteiger partial charge in [0.05, 0.1) is 22.2 Å². The van der Waals surface area contributed by atoms with Crippen molar-refractivity contribution >= 4 is 55.4 Å². The van der Waals surface area contributed by atoms with Crippen LogP contribution >= 0.6 is 0 Å². The van der Waals surface area contributed by atoms with Crippen LogP contribution < -0.4 is 5.32 Å². The molecule has 0 radical (unpaired) electrons. The van der Waals surface area contributed by atoms with Gasteiger partial charge in [-0.05, 0) is 31.4 Å². The average molecular weight is 393 g/mol. The molecule has 0 bridgehead atoms. The first-order valence-electron chi connectivity index (χ1n) is 10.2. The average Bonchev–Trinajstić information content (AvgIpc) is 3.54. The summed E-state index contributed by atoms with van der Waals surface area (Å²) in [6.45, 7) is 0. The third-order valence-corrected chi connectivity index (χ3v) is 6.00. The number of hydrogen-bond donors (Lipinski definition) is 3. The minimum Gasteiger partial charge on any atom is -0.353 e. The van der Waals surface area contributed by atoms with Gasteiger partial charge in [0.1, 0.15) is 0 Å². The van der Waals surface area contributed by atoms with Crippen molar-refractivity contribution in [1.82, 2.24) is 15.3 Å². The molecule has 0 atom stereocenters. The molecule has 5 heteroatoms. The molecule has 0 saturated carbocycles. The van der Waals surface area contributed by atoms with Gasteiger partial charge in [0.15, 0.2) is 0 Å². The summed E-state index contributed by atoms with van der Waals surface area (Å²) in [4.78, 5) is 32.0. The molecule has 1 aliphatic heterocycles. The van der Waals surface area contributed by atoms with Gasteiger partial charge in [-0.2, -0.15) is 0 Å². The van der Waals surface area contributed by atoms with Crippen LogP contribution in [0.25, 0.3) is 43.6 Å². The SMILES string of the molecule is C1=CCCC1.O=C1NC(=O)c2c1c1c3ccccc3[nH]c1c1[nH]c3ccccc3c21. The lowest BCUT2D eigenvalue weighted by Gasteiger charge is -2.02. The molecule has 2 aromatic heterocycles. The Kier molecular flexibility index (Phi) is 3.59. The molecular formula is C25H19N3O2. The van der Waals surface area contributed by atoms with Crippen molar-refractivity contribution in [1.29, 1.82) is 0 Å². The molecule has 146 valence electrons. The zero-order valence-electron chi connectivity index (χ0n) is 16.2. The topological polar surface area (TPSA) is 77.8 Å². The van der Waals surface area contributed by atoms with Crippen LogP contribution in [0.15, 0.2) is 60.7 Å². The number of carbonyl (C=O) groups is 2. The fraction of sp³-hybridized carbons (Fsp3) is 0.120. The predicted molar refractivity (Wildman–Crippen MR) is 120 cm³/mol. The molecule has 5 nitrogen and oxygen atoms in total. The van der Waals surface area contributed by atoms with Gasteiger partial charge in [-0.3, -0.25) is 14.9 Å². The number of nitrogens with one attached hydrogen (secondary N) is 3. The molecular weight excluding hydrogens is 374 g/mol. The molecule has 30 heavy (non-hydrogen) atoms. The number of aromatic nitrogens is 2. The second kappa shape index (κ2) is 6.32. The van der Waals surface area contributed by atoms with Crippen LogP contribution in [-0.2, 0) is 0 Å². The van der Waals surface area contributed by atoms with E-state index in [0.717, 1.165) is 43.6 Å². The maximum absolute atomic E-state index is 12.6. The quantitative estimate of drug-likeness (QED) is 0.238. The molecule has 2 aliphatic rings. The first-order valence-corrected chi connectivity index (χ1v) is 10.2. The van der Waals surface area contributed by atoms with Crippen LogP contribution in [0, 0.1) is 0 Å². The van der Waals surface area contributed by atoms with Crippen LogP contribution in [0.5, 0.6) is 0 Å². The Labute approximate surface area is 171 Å². The summed E-state index contributed by atoms with van der Waals surface area (Å²) in [7, 11) is 0. The molecule has 2 amide bonds. The van der Waals surface area contributed by atoms with E-state index in [4.69, 9.17) is 0 Å². The van der Waals surface area contributed by atoms with E-state index in [9.17, 15) is 9.59 Å². The molecule has 0 unspecified atom stereocenters. The van der Waals surface area contributed by atoms with Crippen LogP contribution in [0.4, 0.5) is 0 Å². The first-order chi connectivity index (χ1) is 14.7. The number of para-hydroxylation sites is 2. The number of hydrogen-bond acceptors (Lipinski definition) is 2. The van der Waals surface area contributed by atoms with Gasteiger partial charge in [0, 0.05) is 32.6 Å². The molecule has 0 fully saturated rings. The molecule has 0 spiro atoms. The summed E-state index contributed by atoms with van der Waals surface area (Å²) < 4.78 is 0. The molecule has 3 aromatic carbocycles. The normalized spacial score (nSPS) is 15.2. The number of benzene rings is 3. The lowest BCUT2D eigenvalue weighted by molar-refractivity contribution is 0.0880. The molecule has 3 N–H and O–H groups in total. The second-order valence-electron chi connectivity index (χ2n) is 7.78. The minimum atomic E-state index is -0.332. The maximum Gasteiger partial charge on any atom is 0.259 e. The van der Waals surface area contributed by atoms with Gasteiger partial charge < -0.3 is 9.97 Å². The van der Waals surface area contributed by atoms with Gasteiger partial charge in [-0.15, -0.1) is 0 Å². The molecule has 7 rings (SSSR count). The smallest absolute Gasteiger partial charge is 0.259 e. The zero-order valence-corrected chi connectivity index (χ0v) is 16.2. The second-order valence-corrected chi connectivity index (χ2v) is 7.78. The summed E-state index contributed by atoms with van der Waals surface area (Å²) in [6, 6.07) is 15.7. The number of H-pyrrole nitrogens is 2. The highest BCUT2D eigenvalue weighted by Gasteiger charge is 2.34. The van der Waals surface area contributed by atoms with Gasteiger partial charge >= 0.3 is 0 Å². The lowest BCUT2D eigenvalue weighted by atomic mass is 9.97. The molecule has 3 heterocycles. The Morgan fingerprint density at radius 3 is 1.53 bits per heavy atom. The van der Waals surface area contributed by atoms with Crippen molar-refractivity contribution in [3.05, 3.63) is 71.8 Å². The molecule has 5 aromatic rings. The third kappa shape index (κ3) is 2.29. The Morgan fingerprint density at radius 2 is 1.10 bits per heavy atom. The van der Waals surface area contributed by atoms with Gasteiger partial charge in [0.25, 0.3) is 11.8 Å². The monoisotopic (exact) mass is 393 g/mol. The van der Waals surface area contributed by atoms with Crippen molar-refractivity contribution < 1.29 is 9.59 Å². The van der Waals surface area contributed by atoms with Crippen LogP contribution in [0.2, 0.25) is 0 Å². The third-order valence-electron chi connectivity index (χ3n) is 6.00. The highest BCUT2D eigenvalue weighted by molar-refractivity contribution is 6.39. The fourth-order valence-electron chi connectivity index (χ4n) is 4.70. The number of allylic oxidation sites excluding steroid dienone is 2. The minimum absolute atomic E-state index is 0.332. The highest BCUT2D eigenvalue weighted by atomic mass is 16.2. The summed E-state index contributed by atoms with van der Waals surface area (Å²) in [6.07, 6.45) is 8.50. The summed E-state index contributed by atoms with van der Waals surface area (Å²) >= 11 is 0. The van der Waals surface area contributed by atoms with Crippen LogP contribution in [-0.4, -0.2) is 21.8 Å². The zero-order chi connectivity index (χ0) is 20.2. The van der Waals surface area contributed by atoms with E-state index in [-0.39, 0.29) is 11.8 Å². The Morgan fingerprint density at radius 1 is 0.633 bits per heavy atom. The van der Waals surface area contributed by atoms with Crippen molar-refractivity contribution in [2.75, 3.05) is 0 Å². The van der Waals surface area contributed by atoms with E-state index in [1.54, 1.807) is 0 Å². The van der Waals surface area contributed by atoms with Crippen molar-refractivity contribution in [3.63, 3.8) is 0 Å². The largest absolute Gasteiger partial charge is 0.353 e. The maximum atomic E-state index is 12.6. The number of fused-ring (bicyclic) bond motifs is 10. The number of carbonyl (C=O) groups excluding carboxylic acids is 2. The first kappa shape index (κ1) is 17.0. The van der Waals surface area contributed by atoms with Crippen molar-refractivity contribution in [3.8, 4) is 0 Å². The summed E-state index contributed by atoms with van der Waals surface area (Å²) in [5.41, 5.74) is 4.53. The molecule has 0 saturated heterocycles. The van der Waals surface area contributed by atoms with Crippen LogP contribution in [0.3, 0.4) is 0 Å². The number of rotatable bonds is 0. The number of imide groups is 1. The van der Waals surface area contributed by atoms with Gasteiger partial charge in [0.2, 0.25) is 0 Å². The van der Waals surface area contributed by atoms with Crippen LogP contribution in [0.1, 0.15) is 40.0 Å². The van der Waals surface area contributed by atoms with E-state index in [1.165, 1.54) is 19.3 Å². The van der Waals surface area contributed by atoms with E-state index in [2.05, 4.69) is 27.4 Å². The van der Waals surface area contributed by atoms with E-state index < -0.39 is 0 Å². The Bertz CT molecular complexity index is 1420. The Hall–Kier alpha value is -3.86. The molecule has 1 aliphatic carbocycles. The predicted octanol–water partition coefficient (Wildman–Crippen LogP) is 5.57. The fourth-order valence-corrected chi connectivity index (χ4v) is 4.70. The number of aromatic amines is 2. The Balaban J connectivity index is 0.000000310. The summed E-state index contributed by atoms with van der Waals surface area (Å²) in [5.74, 6) is -0.663. The number of amides is 2. The van der Waals surface area contributed by atoms with Gasteiger partial charge in [-0.1, -0.05) is 48.6 Å². The van der Waals surface area contributed by atoms with Gasteiger partial charge in [-0.25, -0.2) is 0 Å². The van der Waals surface area contributed by atoms with E-state index in [1.807, 2.05) is 48.5 Å². The van der Waals surface area contributed by atoms with Crippen molar-refractivity contribution in [2.45, 2.75) is 19.3 Å². The van der Waals surface area contributed by atoms with E-state index >= 15 is 0 Å². The lowest BCUT2D eigenvalue weighted by Crippen LogP contribution is -2.20. The van der Waals surface area contributed by atoms with Crippen molar-refractivity contribution in [2.24, 2.45) is 0 Å². The van der Waals surface area contributed by atoms with E-state index in [0.29, 0.717) is 11.1 Å². The summed E-state index contributed by atoms with van der Waals surface area (Å²) in [5, 5.41) is 5.96. The standard InChI is InChI=1S/C20H11N3O2.C5H8/c24-19-15-13-9-5-1-3-7-11(9)21-17(13)18-14(16(15)20(25)23-19)10-6-2-4-8-12(10)22-18;1-2-4-5-3-1/h1-8,21-22H,(H,23,24,25);1-2H,3-5H2.